The van der Waals surface area contributed by atoms with Crippen LogP contribution < -0.4 is 29.0 Å². The zero-order valence-corrected chi connectivity index (χ0v) is 83.5. The van der Waals surface area contributed by atoms with Crippen LogP contribution in [0.25, 0.3) is 93.7 Å². The summed E-state index contributed by atoms with van der Waals surface area (Å²) in [7, 11) is 7.22. The number of aromatic carboxylic acids is 1. The maximum Gasteiger partial charge on any atom is 0.343 e. The molecule has 0 amide bonds. The van der Waals surface area contributed by atoms with Gasteiger partial charge in [-0.25, -0.2) is 24.4 Å². The summed E-state index contributed by atoms with van der Waals surface area (Å²) in [5.41, 5.74) is 11.3. The Balaban J connectivity index is 0.000000183. The summed E-state index contributed by atoms with van der Waals surface area (Å²) in [6.45, 7) is 22.3. The van der Waals surface area contributed by atoms with Crippen molar-refractivity contribution in [3.63, 3.8) is 0 Å². The lowest BCUT2D eigenvalue weighted by Crippen LogP contribution is -2.19. The average molecular weight is 1980 g/mol. The summed E-state index contributed by atoms with van der Waals surface area (Å²) in [5.74, 6) is -3.17. The number of carboxylic acid groups (broad SMARTS) is 1. The molecular weight excluding hydrogens is 1860 g/mol. The fourth-order valence-electron chi connectivity index (χ4n) is 14.3. The molecule has 0 radical (unpaired) electrons. The van der Waals surface area contributed by atoms with Crippen molar-refractivity contribution in [2.24, 2.45) is 0 Å². The van der Waals surface area contributed by atoms with Gasteiger partial charge < -0.3 is 63.3 Å². The summed E-state index contributed by atoms with van der Waals surface area (Å²) in [6, 6.07) is 70.7. The molecule has 0 unspecified atom stereocenters. The number of ether oxygens (including phenoxy) is 3. The Bertz CT molecular complexity index is 7260. The van der Waals surface area contributed by atoms with Crippen LogP contribution in [0.4, 0.5) is 11.4 Å². The van der Waals surface area contributed by atoms with Crippen molar-refractivity contribution in [2.75, 3.05) is 93.9 Å². The highest BCUT2D eigenvalue weighted by Crippen LogP contribution is 2.34. The van der Waals surface area contributed by atoms with Crippen molar-refractivity contribution < 1.29 is 97.0 Å². The molecule has 752 valence electrons. The van der Waals surface area contributed by atoms with E-state index in [2.05, 4.69) is 16.0 Å². The van der Waals surface area contributed by atoms with Gasteiger partial charge in [-0.15, -0.1) is 0 Å². The van der Waals surface area contributed by atoms with E-state index < -0.39 is 29.7 Å². The van der Waals surface area contributed by atoms with Gasteiger partial charge >= 0.3 is 23.9 Å². The molecule has 0 fully saturated rings. The predicted octanol–water partition coefficient (Wildman–Crippen LogP) is 19.6. The molecule has 144 heavy (non-hydrogen) atoms. The van der Waals surface area contributed by atoms with Gasteiger partial charge in [0.1, 0.15) is 57.2 Å². The van der Waals surface area contributed by atoms with Crippen LogP contribution in [0.3, 0.4) is 0 Å². The molecule has 2 N–H and O–H groups in total. The van der Waals surface area contributed by atoms with Gasteiger partial charge in [0.05, 0.1) is 122 Å². The number of benzene rings is 9. The largest absolute Gasteiger partial charge is 0.478 e. The van der Waals surface area contributed by atoms with Crippen LogP contribution in [0.5, 0.6) is 0 Å². The third-order valence-corrected chi connectivity index (χ3v) is 21.1. The number of nitro benzene ring substituents is 2. The number of ketones is 2. The predicted molar refractivity (Wildman–Crippen MR) is 557 cm³/mol. The number of nitro groups is 2. The van der Waals surface area contributed by atoms with Crippen molar-refractivity contribution >= 4 is 147 Å². The second-order valence-corrected chi connectivity index (χ2v) is 31.5. The van der Waals surface area contributed by atoms with E-state index in [-0.39, 0.29) is 57.8 Å². The molecule has 0 aliphatic rings. The van der Waals surface area contributed by atoms with Gasteiger partial charge in [0, 0.05) is 125 Å². The molecular formula is C108H117N13O22S. The van der Waals surface area contributed by atoms with Gasteiger partial charge in [0.15, 0.2) is 17.2 Å². The molecule has 0 aliphatic heterocycles. The Labute approximate surface area is 835 Å². The number of carbonyl (C=O) groups excluding carboxylic acids is 6. The molecule has 0 saturated heterocycles. The third kappa shape index (κ3) is 29.8. The van der Waals surface area contributed by atoms with Crippen molar-refractivity contribution in [1.82, 2.24) is 52.9 Å². The number of aromatic nitrogens is 9. The fraction of sp³-hybridized carbons (Fsp3) is 0.231. The van der Waals surface area contributed by atoms with Crippen LogP contribution in [0.2, 0.25) is 0 Å². The van der Waals surface area contributed by atoms with Crippen LogP contribution in [0.1, 0.15) is 132 Å². The molecule has 17 rings (SSSR count). The van der Waals surface area contributed by atoms with Gasteiger partial charge in [0.25, 0.3) is 11.4 Å². The number of fused-ring (bicyclic) bond motifs is 7. The van der Waals surface area contributed by atoms with Gasteiger partial charge in [0.2, 0.25) is 5.78 Å². The third-order valence-electron chi connectivity index (χ3n) is 20.5. The number of carbonyl (C=O) groups is 7. The van der Waals surface area contributed by atoms with Crippen LogP contribution in [0.15, 0.2) is 303 Å². The number of Topliss-reactive ketones (excluding diaryl/α,β-unsaturated/α-hetero) is 2. The van der Waals surface area contributed by atoms with Crippen LogP contribution in [-0.2, 0) is 23.8 Å². The lowest BCUT2D eigenvalue weighted by Gasteiger charge is -2.10. The number of hydrogen-bond donors (Lipinski definition) is 2. The topological polar surface area (TPSA) is 396 Å². The second-order valence-electron chi connectivity index (χ2n) is 30.8. The first-order valence-electron chi connectivity index (χ1n) is 46.0. The molecule has 8 heterocycles. The first-order chi connectivity index (χ1) is 69.6. The van der Waals surface area contributed by atoms with Crippen LogP contribution in [-0.4, -0.2) is 209 Å². The smallest absolute Gasteiger partial charge is 0.343 e. The molecule has 35 nitrogen and oxygen atoms in total. The van der Waals surface area contributed by atoms with Crippen LogP contribution in [0, 0.1) is 27.2 Å². The number of nitrogens with zero attached hydrogens (tertiary/aromatic N) is 13. The average Bonchev–Trinajstić information content (AvgIpc) is 1.62. The molecule has 9 aromatic carbocycles. The quantitative estimate of drug-likeness (QED) is 0.00331. The monoisotopic (exact) mass is 1980 g/mol. The van der Waals surface area contributed by atoms with Crippen molar-refractivity contribution in [1.29, 1.82) is 0 Å². The Morgan fingerprint density at radius 1 is 0.431 bits per heavy atom. The lowest BCUT2D eigenvalue weighted by molar-refractivity contribution is -0.385. The number of esters is 3. The fourth-order valence-corrected chi connectivity index (χ4v) is 14.7. The summed E-state index contributed by atoms with van der Waals surface area (Å²) in [5, 5.41) is 45.9. The molecule has 8 aromatic heterocycles. The van der Waals surface area contributed by atoms with Gasteiger partial charge in [-0.05, 0) is 148 Å². The zero-order valence-electron chi connectivity index (χ0n) is 82.7. The zero-order chi connectivity index (χ0) is 104. The molecule has 36 heteroatoms. The van der Waals surface area contributed by atoms with E-state index in [4.69, 9.17) is 53.5 Å². The Morgan fingerprint density at radius 2 is 0.847 bits per heavy atom. The first kappa shape index (κ1) is 110. The second kappa shape index (κ2) is 56.0. The van der Waals surface area contributed by atoms with Gasteiger partial charge in [-0.1, -0.05) is 169 Å². The SMILES string of the molecule is CCOC(=O)C(=CN(C)C)C(=O)c1cn(OCC)c2ccccc12.CCOC(=O)CC(=O)c1cn(OCC)c2ccccc12.CCOC(=O)c1cnc(SC)nc1-c1cn(OCC)c2ccccc12.CCOn1cc(C(=O)O)c2ccccc21.CCOn1cc(C=O)c2ccccc21.CCOn1ccc2ccccc21.CN(C)/C=C/c1ccccc1[N+](=O)[O-].Cc1ccccc1[N+](=O)[O-].On1ccc2ccccc21. The van der Waals surface area contributed by atoms with Crippen molar-refractivity contribution in [3.05, 3.63) is 357 Å². The lowest BCUT2D eigenvalue weighted by atomic mass is 10.0. The molecule has 17 aromatic rings. The first-order valence-corrected chi connectivity index (χ1v) is 47.3. The molecule has 0 spiro atoms. The number of rotatable bonds is 31. The minimum atomic E-state index is -0.940. The van der Waals surface area contributed by atoms with Gasteiger partial charge in [-0.3, -0.25) is 39.4 Å². The normalized spacial score (nSPS) is 10.6. The van der Waals surface area contributed by atoms with Crippen molar-refractivity contribution in [2.45, 2.75) is 80.8 Å². The van der Waals surface area contributed by atoms with E-state index in [9.17, 15) is 53.8 Å². The number of thioether (sulfide) groups is 1. The van der Waals surface area contributed by atoms with E-state index in [1.165, 1.54) is 52.6 Å². The highest BCUT2D eigenvalue weighted by atomic mass is 32.2. The molecule has 0 aliphatic carbocycles. The molecule has 0 saturated carbocycles. The summed E-state index contributed by atoms with van der Waals surface area (Å²) >= 11 is 1.42. The Kier molecular flexibility index (Phi) is 42.8. The summed E-state index contributed by atoms with van der Waals surface area (Å²) in [4.78, 5) is 148. The van der Waals surface area contributed by atoms with E-state index in [0.29, 0.717) is 95.9 Å². The number of aryl methyl sites for hydroxylation is 1. The Morgan fingerprint density at radius 3 is 1.33 bits per heavy atom. The van der Waals surface area contributed by atoms with Crippen LogP contribution >= 0.6 is 11.8 Å². The van der Waals surface area contributed by atoms with E-state index in [1.807, 2.05) is 249 Å². The highest BCUT2D eigenvalue weighted by molar-refractivity contribution is 7.98. The highest BCUT2D eigenvalue weighted by Gasteiger charge is 2.28. The Hall–Kier alpha value is -17.4. The van der Waals surface area contributed by atoms with E-state index >= 15 is 0 Å². The summed E-state index contributed by atoms with van der Waals surface area (Å²) < 4.78 is 25.9. The maximum atomic E-state index is 13.0. The molecule has 0 bridgehead atoms. The molecule has 0 atom stereocenters. The minimum absolute atomic E-state index is 0.0127. The number of aldehydes is 1. The van der Waals surface area contributed by atoms with Crippen molar-refractivity contribution in [3.8, 4) is 11.3 Å². The summed E-state index contributed by atoms with van der Waals surface area (Å²) in [6.07, 6.45) is 20.8. The number of para-hydroxylation sites is 9. The standard InChI is InChI=1S/C18H19N3O3S.C18H22N2O4.C15H17NO4.C11H11NO3.C11H11NO2.C10H12N2O2.C10H11NO.C8H7NO.C7H7NO2/c1-4-23-17(22)13-10-19-18(25-3)20-16(13)14-11-21(24-5-2)15-9-7-6-8-12(14)15;1-5-23-18(22)15(11-19(3)4)17(21)14-12-20(24-6-2)16-10-8-7-9-13(14)16;1-3-19-15(18)9-14(17)12-10-16(20-4-2)13-8-6-5-7-11(12)13;1-2-15-12-7-9(11(13)14)8-5-3-4-6-10(8)12;1-2-14-12-7-9(8-13)10-5-3-4-6-11(10)12;1-11(2)8-7-9-5-3-4-6-10(9)12(13)14;1-2-12-11-8-7-9-5-3-4-6-10(9)11;10-9-6-5-7-3-1-2-4-8(7)9;1-6-4-2-3-5-7(6)8(9)10/h6-11H,4-5H2,1-3H3;7-12H,5-6H2,1-4H3;5-8,10H,3-4,9H2,1-2H3;3-7H,2H2,1H3,(H,13,14);3-8H,2H2,1H3;3-8H,1-2H3;3-8H,2H2,1H3;1-6,10H;2-5H,1H3/b;;;;;8-7+;;;. The van der Waals surface area contributed by atoms with Gasteiger partial charge in [-0.2, -0.15) is 33.1 Å². The number of hydrogen-bond acceptors (Lipinski definition) is 26. The van der Waals surface area contributed by atoms with E-state index in [0.717, 1.165) is 82.1 Å². The maximum absolute atomic E-state index is 13.0. The number of carboxylic acids is 1. The minimum Gasteiger partial charge on any atom is -0.478 e. The van der Waals surface area contributed by atoms with E-state index in [1.54, 1.807) is 150 Å².